The number of hydrogen-bond acceptors (Lipinski definition) is 5. The molecule has 0 atom stereocenters. The molecule has 108 valence electrons. The fourth-order valence-electron chi connectivity index (χ4n) is 1.83. The number of aromatic nitrogens is 2. The number of ketones is 2. The summed E-state index contributed by atoms with van der Waals surface area (Å²) < 4.78 is 0. The van der Waals surface area contributed by atoms with Gasteiger partial charge in [0, 0.05) is 5.56 Å². The van der Waals surface area contributed by atoms with Crippen molar-refractivity contribution < 1.29 is 9.59 Å². The first kappa shape index (κ1) is 15.4. The number of benzene rings is 1. The average Bonchev–Trinajstić information content (AvgIpc) is 2.45. The summed E-state index contributed by atoms with van der Waals surface area (Å²) in [7, 11) is 0. The number of aryl methyl sites for hydroxylation is 1. The van der Waals surface area contributed by atoms with E-state index in [2.05, 4.69) is 10.2 Å². The second-order valence-electron chi connectivity index (χ2n) is 4.84. The highest BCUT2D eigenvalue weighted by Crippen LogP contribution is 2.24. The Balaban J connectivity index is 2.17. The fourth-order valence-corrected chi connectivity index (χ4v) is 2.64. The summed E-state index contributed by atoms with van der Waals surface area (Å²) in [6, 6.07) is 11.6. The first-order chi connectivity index (χ1) is 9.97. The van der Waals surface area contributed by atoms with E-state index in [4.69, 9.17) is 0 Å². The molecule has 21 heavy (non-hydrogen) atoms. The number of carbonyl (C=O) groups excluding carboxylic acids is 2. The second kappa shape index (κ2) is 6.63. The molecule has 0 radical (unpaired) electrons. The quantitative estimate of drug-likeness (QED) is 0.627. The van der Waals surface area contributed by atoms with Crippen molar-refractivity contribution in [2.24, 2.45) is 0 Å². The van der Waals surface area contributed by atoms with Gasteiger partial charge in [-0.05, 0) is 32.9 Å². The van der Waals surface area contributed by atoms with E-state index in [1.165, 1.54) is 19.4 Å². The number of hydrogen-bond donors (Lipinski definition) is 0. The summed E-state index contributed by atoms with van der Waals surface area (Å²) in [5, 5.41) is 8.11. The highest BCUT2D eigenvalue weighted by molar-refractivity contribution is 8.01. The molecule has 1 heterocycles. The predicted molar refractivity (Wildman–Crippen MR) is 83.2 cm³/mol. The van der Waals surface area contributed by atoms with Gasteiger partial charge >= 0.3 is 0 Å². The lowest BCUT2D eigenvalue weighted by atomic mass is 10.1. The lowest BCUT2D eigenvalue weighted by Crippen LogP contribution is -2.22. The largest absolute Gasteiger partial charge is 0.298 e. The van der Waals surface area contributed by atoms with Crippen molar-refractivity contribution in [3.63, 3.8) is 0 Å². The number of Topliss-reactive ketones (excluding diaryl/α,β-unsaturated/α-hetero) is 2. The van der Waals surface area contributed by atoms with Crippen LogP contribution in [0.2, 0.25) is 0 Å². The Morgan fingerprint density at radius 1 is 0.952 bits per heavy atom. The molecule has 0 unspecified atom stereocenters. The Morgan fingerprint density at radius 2 is 1.57 bits per heavy atom. The van der Waals surface area contributed by atoms with Gasteiger partial charge in [0.15, 0.2) is 11.6 Å². The summed E-state index contributed by atoms with van der Waals surface area (Å²) in [4.78, 5) is 22.8. The van der Waals surface area contributed by atoms with Crippen LogP contribution in [0.4, 0.5) is 0 Å². The summed E-state index contributed by atoms with van der Waals surface area (Å²) in [5.41, 5.74) is 2.94. The van der Waals surface area contributed by atoms with E-state index in [0.717, 1.165) is 23.0 Å². The minimum atomic E-state index is -0.704. The standard InChI is InChI=1S/C16H16N2O2S/c1-10-4-6-13(7-5-10)14-8-9-15(18-17-14)21-16(11(2)19)12(3)20/h4-9,16H,1-3H3. The van der Waals surface area contributed by atoms with Crippen LogP contribution in [0.1, 0.15) is 19.4 Å². The van der Waals surface area contributed by atoms with Crippen molar-refractivity contribution in [2.75, 3.05) is 0 Å². The molecule has 1 aromatic carbocycles. The number of nitrogens with zero attached hydrogens (tertiary/aromatic N) is 2. The molecule has 0 saturated carbocycles. The van der Waals surface area contributed by atoms with Crippen molar-refractivity contribution in [1.29, 1.82) is 0 Å². The number of thioether (sulfide) groups is 1. The highest BCUT2D eigenvalue weighted by Gasteiger charge is 2.21. The molecule has 0 fully saturated rings. The topological polar surface area (TPSA) is 59.9 Å². The minimum absolute atomic E-state index is 0.170. The summed E-state index contributed by atoms with van der Waals surface area (Å²) in [6.45, 7) is 4.85. The minimum Gasteiger partial charge on any atom is -0.298 e. The second-order valence-corrected chi connectivity index (χ2v) is 5.97. The van der Waals surface area contributed by atoms with E-state index in [-0.39, 0.29) is 11.6 Å². The first-order valence-electron chi connectivity index (χ1n) is 6.55. The van der Waals surface area contributed by atoms with Gasteiger partial charge in [-0.3, -0.25) is 9.59 Å². The van der Waals surface area contributed by atoms with E-state index < -0.39 is 5.25 Å². The van der Waals surface area contributed by atoms with Crippen LogP contribution in [0.15, 0.2) is 41.4 Å². The SMILES string of the molecule is CC(=O)C(Sc1ccc(-c2ccc(C)cc2)nn1)C(C)=O. The Morgan fingerprint density at radius 3 is 2.05 bits per heavy atom. The smallest absolute Gasteiger partial charge is 0.150 e. The molecule has 0 aliphatic heterocycles. The van der Waals surface area contributed by atoms with Gasteiger partial charge in [0.05, 0.1) is 5.69 Å². The van der Waals surface area contributed by atoms with Crippen molar-refractivity contribution in [3.8, 4) is 11.3 Å². The summed E-state index contributed by atoms with van der Waals surface area (Å²) in [6.07, 6.45) is 0. The maximum atomic E-state index is 11.4. The summed E-state index contributed by atoms with van der Waals surface area (Å²) >= 11 is 1.14. The maximum absolute atomic E-state index is 11.4. The number of carbonyl (C=O) groups is 2. The highest BCUT2D eigenvalue weighted by atomic mass is 32.2. The van der Waals surface area contributed by atoms with Crippen LogP contribution in [0.3, 0.4) is 0 Å². The van der Waals surface area contributed by atoms with E-state index in [1.54, 1.807) is 6.07 Å². The Hall–Kier alpha value is -2.01. The van der Waals surface area contributed by atoms with Crippen LogP contribution in [-0.2, 0) is 9.59 Å². The molecule has 5 heteroatoms. The lowest BCUT2D eigenvalue weighted by Gasteiger charge is -2.08. The van der Waals surface area contributed by atoms with Crippen LogP contribution in [0.25, 0.3) is 11.3 Å². The van der Waals surface area contributed by atoms with E-state index in [9.17, 15) is 9.59 Å². The molecular weight excluding hydrogens is 284 g/mol. The monoisotopic (exact) mass is 300 g/mol. The third-order valence-electron chi connectivity index (χ3n) is 2.96. The molecule has 0 aliphatic rings. The van der Waals surface area contributed by atoms with E-state index >= 15 is 0 Å². The van der Waals surface area contributed by atoms with Crippen LogP contribution in [0, 0.1) is 6.92 Å². The zero-order chi connectivity index (χ0) is 15.4. The zero-order valence-electron chi connectivity index (χ0n) is 12.2. The van der Waals surface area contributed by atoms with Gasteiger partial charge in [0.2, 0.25) is 0 Å². The van der Waals surface area contributed by atoms with Crippen LogP contribution < -0.4 is 0 Å². The van der Waals surface area contributed by atoms with Crippen molar-refractivity contribution in [2.45, 2.75) is 31.0 Å². The number of rotatable bonds is 5. The summed E-state index contributed by atoms with van der Waals surface area (Å²) in [5.74, 6) is -0.339. The molecule has 0 bridgehead atoms. The van der Waals surface area contributed by atoms with Gasteiger partial charge in [0.25, 0.3) is 0 Å². The maximum Gasteiger partial charge on any atom is 0.150 e. The first-order valence-corrected chi connectivity index (χ1v) is 7.43. The third-order valence-corrected chi connectivity index (χ3v) is 4.32. The van der Waals surface area contributed by atoms with Crippen molar-refractivity contribution in [1.82, 2.24) is 10.2 Å². The Bertz CT molecular complexity index is 637. The van der Waals surface area contributed by atoms with E-state index in [1.807, 2.05) is 37.3 Å². The van der Waals surface area contributed by atoms with Gasteiger partial charge in [-0.2, -0.15) is 0 Å². The average molecular weight is 300 g/mol. The molecule has 4 nitrogen and oxygen atoms in total. The van der Waals surface area contributed by atoms with E-state index in [0.29, 0.717) is 5.03 Å². The van der Waals surface area contributed by atoms with Crippen molar-refractivity contribution in [3.05, 3.63) is 42.0 Å². The van der Waals surface area contributed by atoms with Gasteiger partial charge in [0.1, 0.15) is 10.3 Å². The third kappa shape index (κ3) is 3.98. The van der Waals surface area contributed by atoms with Gasteiger partial charge in [-0.1, -0.05) is 41.6 Å². The molecule has 2 rings (SSSR count). The van der Waals surface area contributed by atoms with Crippen molar-refractivity contribution >= 4 is 23.3 Å². The molecule has 0 saturated heterocycles. The molecule has 0 amide bonds. The molecule has 1 aromatic heterocycles. The predicted octanol–water partition coefficient (Wildman–Crippen LogP) is 3.09. The fraction of sp³-hybridized carbons (Fsp3) is 0.250. The van der Waals surface area contributed by atoms with Crippen LogP contribution >= 0.6 is 11.8 Å². The van der Waals surface area contributed by atoms with Crippen LogP contribution in [0.5, 0.6) is 0 Å². The normalized spacial score (nSPS) is 10.7. The van der Waals surface area contributed by atoms with Gasteiger partial charge < -0.3 is 0 Å². The Kier molecular flexibility index (Phi) is 4.85. The molecule has 0 aliphatic carbocycles. The van der Waals surface area contributed by atoms with Crippen LogP contribution in [-0.4, -0.2) is 27.0 Å². The lowest BCUT2D eigenvalue weighted by molar-refractivity contribution is -0.123. The zero-order valence-corrected chi connectivity index (χ0v) is 13.0. The molecule has 2 aromatic rings. The van der Waals surface area contributed by atoms with Gasteiger partial charge in [-0.15, -0.1) is 10.2 Å². The van der Waals surface area contributed by atoms with Gasteiger partial charge in [-0.25, -0.2) is 0 Å². The molecule has 0 N–H and O–H groups in total. The Labute approximate surface area is 128 Å². The molecule has 0 spiro atoms. The molecular formula is C16H16N2O2S.